The molecule has 4 N–H and O–H groups in total. The van der Waals surface area contributed by atoms with Crippen molar-refractivity contribution in [3.8, 4) is 0 Å². The van der Waals surface area contributed by atoms with Gasteiger partial charge in [-0.1, -0.05) is 12.1 Å². The maximum atomic E-state index is 12.1. The minimum absolute atomic E-state index is 0.0278. The number of fused-ring (bicyclic) bond motifs is 1. The van der Waals surface area contributed by atoms with Gasteiger partial charge in [-0.25, -0.2) is 0 Å². The van der Waals surface area contributed by atoms with Gasteiger partial charge in [-0.2, -0.15) is 0 Å². The van der Waals surface area contributed by atoms with Gasteiger partial charge < -0.3 is 20.5 Å². The number of benzene rings is 1. The number of quaternary nitrogens is 1. The minimum Gasteiger partial charge on any atom is -0.362 e. The predicted octanol–water partition coefficient (Wildman–Crippen LogP) is -0.0124. The fourth-order valence-electron chi connectivity index (χ4n) is 2.35. The van der Waals surface area contributed by atoms with Crippen molar-refractivity contribution >= 4 is 28.2 Å². The lowest BCUT2D eigenvalue weighted by molar-refractivity contribution is -0.856. The molecule has 0 amide bonds. The van der Waals surface area contributed by atoms with Crippen molar-refractivity contribution in [1.82, 2.24) is 15.6 Å². The fraction of sp³-hybridized carbons (Fsp3) is 0.412. The topological polar surface area (TPSA) is 61.4 Å². The molecule has 6 heteroatoms. The highest BCUT2D eigenvalue weighted by molar-refractivity contribution is 7.80. The van der Waals surface area contributed by atoms with Crippen LogP contribution in [0.1, 0.15) is 11.1 Å². The van der Waals surface area contributed by atoms with Gasteiger partial charge in [0.25, 0.3) is 5.56 Å². The molecule has 0 spiro atoms. The van der Waals surface area contributed by atoms with Crippen LogP contribution in [0.2, 0.25) is 0 Å². The first-order valence-corrected chi connectivity index (χ1v) is 8.30. The van der Waals surface area contributed by atoms with Crippen molar-refractivity contribution in [2.24, 2.45) is 0 Å². The number of thiocarbonyl (C=S) groups is 1. The first-order chi connectivity index (χ1) is 11.0. The molecule has 0 aliphatic rings. The summed E-state index contributed by atoms with van der Waals surface area (Å²) in [6, 6.07) is 8.04. The van der Waals surface area contributed by atoms with Gasteiger partial charge in [-0.3, -0.25) is 4.79 Å². The zero-order valence-corrected chi connectivity index (χ0v) is 14.8. The molecular formula is C17H25N4OS+. The van der Waals surface area contributed by atoms with Crippen molar-refractivity contribution in [1.29, 1.82) is 0 Å². The largest absolute Gasteiger partial charge is 0.362 e. The summed E-state index contributed by atoms with van der Waals surface area (Å²) in [5.41, 5.74) is 2.77. The third-order valence-corrected chi connectivity index (χ3v) is 3.96. The lowest BCUT2D eigenvalue weighted by atomic mass is 10.1. The number of likely N-dealkylation sites (N-methyl/N-ethyl adjacent to an activating group) is 1. The van der Waals surface area contributed by atoms with Crippen LogP contribution in [0.15, 0.2) is 29.1 Å². The number of H-pyrrole nitrogens is 1. The molecule has 5 nitrogen and oxygen atoms in total. The summed E-state index contributed by atoms with van der Waals surface area (Å²) in [5, 5.41) is 8.01. The van der Waals surface area contributed by atoms with Crippen LogP contribution in [-0.2, 0) is 6.42 Å². The lowest BCUT2D eigenvalue weighted by Crippen LogP contribution is -3.06. The van der Waals surface area contributed by atoms with E-state index < -0.39 is 0 Å². The molecule has 124 valence electrons. The molecule has 2 aromatic rings. The highest BCUT2D eigenvalue weighted by atomic mass is 32.1. The summed E-state index contributed by atoms with van der Waals surface area (Å²) in [4.78, 5) is 16.5. The Morgan fingerprint density at radius 1 is 1.22 bits per heavy atom. The molecule has 1 aromatic heterocycles. The van der Waals surface area contributed by atoms with Gasteiger partial charge in [0.15, 0.2) is 5.11 Å². The van der Waals surface area contributed by atoms with Crippen LogP contribution in [0.4, 0.5) is 0 Å². The van der Waals surface area contributed by atoms with E-state index in [0.29, 0.717) is 18.1 Å². The standard InChI is InChI=1S/C17H24N4OS/c1-12-4-5-13-11-14(16(22)20-15(13)10-12)6-7-18-17(23)19-8-9-21(2)3/h4-5,10-11H,6-9H2,1-3H3,(H,20,22)(H2,18,19,23)/p+1. The molecule has 0 unspecified atom stereocenters. The third-order valence-electron chi connectivity index (χ3n) is 3.67. The maximum absolute atomic E-state index is 12.1. The van der Waals surface area contributed by atoms with E-state index >= 15 is 0 Å². The Bertz CT molecular complexity index is 739. The quantitative estimate of drug-likeness (QED) is 0.562. The number of rotatable bonds is 6. The SMILES string of the molecule is Cc1ccc2cc(CCNC(=S)NCC[NH+](C)C)c(=O)[nH]c2c1. The first-order valence-electron chi connectivity index (χ1n) is 7.89. The van der Waals surface area contributed by atoms with Crippen LogP contribution in [0.3, 0.4) is 0 Å². The van der Waals surface area contributed by atoms with Crippen LogP contribution in [0.5, 0.6) is 0 Å². The maximum Gasteiger partial charge on any atom is 0.251 e. The van der Waals surface area contributed by atoms with E-state index in [1.165, 1.54) is 4.90 Å². The molecule has 1 heterocycles. The fourth-order valence-corrected chi connectivity index (χ4v) is 2.55. The number of hydrogen-bond donors (Lipinski definition) is 4. The average Bonchev–Trinajstić information content (AvgIpc) is 2.47. The second-order valence-electron chi connectivity index (χ2n) is 6.10. The average molecular weight is 333 g/mol. The van der Waals surface area contributed by atoms with Crippen LogP contribution in [0, 0.1) is 6.92 Å². The van der Waals surface area contributed by atoms with Gasteiger partial charge in [0.05, 0.1) is 27.2 Å². The molecular weight excluding hydrogens is 308 g/mol. The Labute approximate surface area is 142 Å². The van der Waals surface area contributed by atoms with Crippen molar-refractivity contribution in [3.05, 3.63) is 45.7 Å². The Morgan fingerprint density at radius 3 is 2.70 bits per heavy atom. The Balaban J connectivity index is 1.89. The minimum atomic E-state index is -0.0278. The highest BCUT2D eigenvalue weighted by Crippen LogP contribution is 2.13. The van der Waals surface area contributed by atoms with E-state index in [-0.39, 0.29) is 5.56 Å². The van der Waals surface area contributed by atoms with E-state index in [0.717, 1.165) is 35.1 Å². The molecule has 0 aliphatic carbocycles. The Kier molecular flexibility index (Phi) is 6.12. The molecule has 0 aliphatic heterocycles. The summed E-state index contributed by atoms with van der Waals surface area (Å²) < 4.78 is 0. The molecule has 0 saturated heterocycles. The van der Waals surface area contributed by atoms with Crippen molar-refractivity contribution in [2.75, 3.05) is 33.7 Å². The second kappa shape index (κ2) is 8.08. The smallest absolute Gasteiger partial charge is 0.251 e. The summed E-state index contributed by atoms with van der Waals surface area (Å²) in [6.45, 7) is 4.50. The molecule has 23 heavy (non-hydrogen) atoms. The van der Waals surface area contributed by atoms with Gasteiger partial charge in [0, 0.05) is 17.6 Å². The monoisotopic (exact) mass is 333 g/mol. The van der Waals surface area contributed by atoms with Gasteiger partial charge in [0.1, 0.15) is 0 Å². The first kappa shape index (κ1) is 17.4. The number of aryl methyl sites for hydroxylation is 1. The van der Waals surface area contributed by atoms with E-state index in [1.807, 2.05) is 25.1 Å². The van der Waals surface area contributed by atoms with Crippen LogP contribution in [0.25, 0.3) is 10.9 Å². The van der Waals surface area contributed by atoms with Crippen molar-refractivity contribution in [2.45, 2.75) is 13.3 Å². The molecule has 0 fully saturated rings. The number of aromatic nitrogens is 1. The number of pyridine rings is 1. The molecule has 0 saturated carbocycles. The highest BCUT2D eigenvalue weighted by Gasteiger charge is 2.04. The third kappa shape index (κ3) is 5.33. The Morgan fingerprint density at radius 2 is 1.96 bits per heavy atom. The predicted molar refractivity (Wildman–Crippen MR) is 99.3 cm³/mol. The van der Waals surface area contributed by atoms with E-state index in [2.05, 4.69) is 35.8 Å². The number of hydrogen-bond acceptors (Lipinski definition) is 2. The number of aromatic amines is 1. The van der Waals surface area contributed by atoms with Gasteiger partial charge >= 0.3 is 0 Å². The zero-order chi connectivity index (χ0) is 16.8. The summed E-state index contributed by atoms with van der Waals surface area (Å²) in [6.07, 6.45) is 0.639. The summed E-state index contributed by atoms with van der Waals surface area (Å²) in [5.74, 6) is 0. The van der Waals surface area contributed by atoms with E-state index in [4.69, 9.17) is 12.2 Å². The molecule has 2 rings (SSSR count). The van der Waals surface area contributed by atoms with Gasteiger partial charge in [-0.05, 0) is 48.6 Å². The number of nitrogens with one attached hydrogen (secondary N) is 4. The van der Waals surface area contributed by atoms with Crippen LogP contribution >= 0.6 is 12.2 Å². The van der Waals surface area contributed by atoms with Crippen molar-refractivity contribution < 1.29 is 4.90 Å². The molecule has 1 aromatic carbocycles. The lowest BCUT2D eigenvalue weighted by Gasteiger charge is -2.12. The van der Waals surface area contributed by atoms with E-state index in [9.17, 15) is 4.79 Å². The van der Waals surface area contributed by atoms with E-state index in [1.54, 1.807) is 0 Å². The normalized spacial score (nSPS) is 11.0. The van der Waals surface area contributed by atoms with Crippen LogP contribution < -0.4 is 21.1 Å². The van der Waals surface area contributed by atoms with Crippen molar-refractivity contribution in [3.63, 3.8) is 0 Å². The molecule has 0 bridgehead atoms. The molecule has 0 atom stereocenters. The van der Waals surface area contributed by atoms with Gasteiger partial charge in [-0.15, -0.1) is 0 Å². The van der Waals surface area contributed by atoms with Crippen LogP contribution in [-0.4, -0.2) is 43.8 Å². The molecule has 0 radical (unpaired) electrons. The Hall–Kier alpha value is -1.92. The summed E-state index contributed by atoms with van der Waals surface area (Å²) in [7, 11) is 4.21. The van der Waals surface area contributed by atoms with Gasteiger partial charge in [0.2, 0.25) is 0 Å². The second-order valence-corrected chi connectivity index (χ2v) is 6.51. The zero-order valence-electron chi connectivity index (χ0n) is 14.0. The summed E-state index contributed by atoms with van der Waals surface area (Å²) >= 11 is 5.23.